The molecule has 0 unspecified atom stereocenters. The van der Waals surface area contributed by atoms with Crippen LogP contribution in [0.1, 0.15) is 17.3 Å². The molecular formula is C14H22ClN3O5. The Hall–Kier alpha value is -1.90. The highest BCUT2D eigenvalue weighted by atomic mass is 35.5. The van der Waals surface area contributed by atoms with Crippen molar-refractivity contribution in [1.29, 1.82) is 0 Å². The molecule has 8 nitrogen and oxygen atoms in total. The molecule has 0 radical (unpaired) electrons. The Morgan fingerprint density at radius 2 is 2.04 bits per heavy atom. The first-order valence-electron chi connectivity index (χ1n) is 6.99. The van der Waals surface area contributed by atoms with Gasteiger partial charge in [0.05, 0.1) is 18.1 Å². The molecule has 2 N–H and O–H groups in total. The highest BCUT2D eigenvalue weighted by molar-refractivity contribution is 5.95. The predicted molar refractivity (Wildman–Crippen MR) is 88.6 cm³/mol. The molecule has 130 valence electrons. The highest BCUT2D eigenvalue weighted by Crippen LogP contribution is 2.27. The van der Waals surface area contributed by atoms with E-state index in [0.29, 0.717) is 32.8 Å². The van der Waals surface area contributed by atoms with E-state index in [2.05, 4.69) is 10.6 Å². The number of nitrogens with zero attached hydrogens (tertiary/aromatic N) is 1. The fourth-order valence-corrected chi connectivity index (χ4v) is 1.74. The monoisotopic (exact) mass is 347 g/mol. The van der Waals surface area contributed by atoms with Crippen molar-refractivity contribution in [1.82, 2.24) is 10.6 Å². The van der Waals surface area contributed by atoms with Gasteiger partial charge in [-0.2, -0.15) is 0 Å². The van der Waals surface area contributed by atoms with E-state index in [9.17, 15) is 14.9 Å². The largest absolute Gasteiger partial charge is 0.487 e. The van der Waals surface area contributed by atoms with Crippen LogP contribution in [0.2, 0.25) is 0 Å². The van der Waals surface area contributed by atoms with Crippen molar-refractivity contribution in [3.05, 3.63) is 33.9 Å². The summed E-state index contributed by atoms with van der Waals surface area (Å²) in [7, 11) is 1.61. The Labute approximate surface area is 141 Å². The number of halogens is 1. The molecule has 0 bridgehead atoms. The van der Waals surface area contributed by atoms with Gasteiger partial charge in [0, 0.05) is 38.4 Å². The van der Waals surface area contributed by atoms with Gasteiger partial charge in [-0.05, 0) is 19.1 Å². The molecule has 0 saturated heterocycles. The summed E-state index contributed by atoms with van der Waals surface area (Å²) >= 11 is 0. The van der Waals surface area contributed by atoms with Crippen molar-refractivity contribution in [2.75, 3.05) is 40.0 Å². The molecule has 9 heteroatoms. The zero-order valence-corrected chi connectivity index (χ0v) is 14.0. The maximum atomic E-state index is 12.0. The number of nitro groups is 1. The van der Waals surface area contributed by atoms with Crippen molar-refractivity contribution in [3.8, 4) is 5.75 Å². The minimum Gasteiger partial charge on any atom is -0.487 e. The van der Waals surface area contributed by atoms with Gasteiger partial charge in [0.25, 0.3) is 5.91 Å². The third-order valence-corrected chi connectivity index (χ3v) is 2.79. The maximum absolute atomic E-state index is 12.0. The lowest BCUT2D eigenvalue weighted by atomic mass is 10.1. The molecule has 0 atom stereocenters. The quantitative estimate of drug-likeness (QED) is 0.376. The molecule has 0 spiro atoms. The van der Waals surface area contributed by atoms with Gasteiger partial charge in [0.1, 0.15) is 0 Å². The number of nitro benzene ring substituents is 1. The van der Waals surface area contributed by atoms with Crippen LogP contribution in [-0.2, 0) is 4.74 Å². The lowest BCUT2D eigenvalue weighted by molar-refractivity contribution is -0.385. The summed E-state index contributed by atoms with van der Waals surface area (Å²) in [4.78, 5) is 22.4. The lowest BCUT2D eigenvalue weighted by Gasteiger charge is -2.08. The summed E-state index contributed by atoms with van der Waals surface area (Å²) in [5.74, 6) is -0.204. The third-order valence-electron chi connectivity index (χ3n) is 2.79. The Morgan fingerprint density at radius 1 is 1.30 bits per heavy atom. The smallest absolute Gasteiger partial charge is 0.311 e. The van der Waals surface area contributed by atoms with Crippen LogP contribution in [0.5, 0.6) is 5.75 Å². The van der Waals surface area contributed by atoms with Crippen molar-refractivity contribution in [2.45, 2.75) is 6.92 Å². The third kappa shape index (κ3) is 7.27. The van der Waals surface area contributed by atoms with Gasteiger partial charge in [0.15, 0.2) is 5.75 Å². The number of carbonyl (C=O) groups is 1. The molecule has 0 aromatic heterocycles. The summed E-state index contributed by atoms with van der Waals surface area (Å²) in [6.07, 6.45) is 0. The summed E-state index contributed by atoms with van der Waals surface area (Å²) in [5, 5.41) is 16.8. The Balaban J connectivity index is 0.00000484. The molecule has 0 heterocycles. The van der Waals surface area contributed by atoms with Crippen LogP contribution in [0, 0.1) is 10.1 Å². The SMILES string of the molecule is CCOc1ccc(C(=O)NCCNCCOC)cc1[N+](=O)[O-].Cl. The number of rotatable bonds is 10. The number of hydrogen-bond donors (Lipinski definition) is 2. The second-order valence-electron chi connectivity index (χ2n) is 4.37. The summed E-state index contributed by atoms with van der Waals surface area (Å²) in [5.41, 5.74) is 0.0137. The van der Waals surface area contributed by atoms with Crippen LogP contribution in [0.25, 0.3) is 0 Å². The van der Waals surface area contributed by atoms with E-state index in [1.165, 1.54) is 18.2 Å². The van der Waals surface area contributed by atoms with Crippen molar-refractivity contribution >= 4 is 24.0 Å². The number of nitrogens with one attached hydrogen (secondary N) is 2. The number of methoxy groups -OCH3 is 1. The number of hydrogen-bond acceptors (Lipinski definition) is 6. The normalized spacial score (nSPS) is 9.83. The molecule has 0 aliphatic carbocycles. The molecular weight excluding hydrogens is 326 g/mol. The van der Waals surface area contributed by atoms with Crippen LogP contribution in [-0.4, -0.2) is 50.8 Å². The average Bonchev–Trinajstić information content (AvgIpc) is 2.51. The Kier molecular flexibility index (Phi) is 10.7. The summed E-state index contributed by atoms with van der Waals surface area (Å²) in [6, 6.07) is 4.16. The fraction of sp³-hybridized carbons (Fsp3) is 0.500. The molecule has 1 rings (SSSR count). The summed E-state index contributed by atoms with van der Waals surface area (Å²) in [6.45, 7) is 4.36. The molecule has 0 fully saturated rings. The van der Waals surface area contributed by atoms with Crippen LogP contribution in [0.15, 0.2) is 18.2 Å². The Morgan fingerprint density at radius 3 is 2.65 bits per heavy atom. The first-order valence-corrected chi connectivity index (χ1v) is 6.99. The standard InChI is InChI=1S/C14H21N3O5.ClH/c1-3-22-13-5-4-11(10-12(13)17(19)20)14(18)16-7-6-15-8-9-21-2;/h4-5,10,15H,3,6-9H2,1-2H3,(H,16,18);1H. The highest BCUT2D eigenvalue weighted by Gasteiger charge is 2.18. The van der Waals surface area contributed by atoms with Crippen molar-refractivity contribution < 1.29 is 19.2 Å². The van der Waals surface area contributed by atoms with Gasteiger partial charge in [-0.25, -0.2) is 0 Å². The van der Waals surface area contributed by atoms with Gasteiger partial charge >= 0.3 is 5.69 Å². The van der Waals surface area contributed by atoms with Gasteiger partial charge < -0.3 is 20.1 Å². The minimum atomic E-state index is -0.561. The maximum Gasteiger partial charge on any atom is 0.311 e. The molecule has 23 heavy (non-hydrogen) atoms. The first kappa shape index (κ1) is 21.1. The first-order chi connectivity index (χ1) is 10.6. The molecule has 0 saturated carbocycles. The second-order valence-corrected chi connectivity index (χ2v) is 4.37. The molecule has 1 aromatic rings. The van der Waals surface area contributed by atoms with E-state index in [0.717, 1.165) is 0 Å². The van der Waals surface area contributed by atoms with Gasteiger partial charge in [-0.1, -0.05) is 0 Å². The van der Waals surface area contributed by atoms with Gasteiger partial charge in [0.2, 0.25) is 0 Å². The van der Waals surface area contributed by atoms with E-state index in [4.69, 9.17) is 9.47 Å². The molecule has 0 aliphatic rings. The van der Waals surface area contributed by atoms with Crippen LogP contribution in [0.3, 0.4) is 0 Å². The average molecular weight is 348 g/mol. The van der Waals surface area contributed by atoms with Crippen molar-refractivity contribution in [3.63, 3.8) is 0 Å². The van der Waals surface area contributed by atoms with E-state index in [1.807, 2.05) is 0 Å². The van der Waals surface area contributed by atoms with Crippen LogP contribution < -0.4 is 15.4 Å². The second kappa shape index (κ2) is 11.6. The predicted octanol–water partition coefficient (Wildman–Crippen LogP) is 1.38. The van der Waals surface area contributed by atoms with Crippen molar-refractivity contribution in [2.24, 2.45) is 0 Å². The molecule has 1 amide bonds. The Bertz CT molecular complexity index is 513. The van der Waals surface area contributed by atoms with Gasteiger partial charge in [-0.3, -0.25) is 14.9 Å². The lowest BCUT2D eigenvalue weighted by Crippen LogP contribution is -2.33. The molecule has 1 aromatic carbocycles. The van der Waals surface area contributed by atoms with Crippen LogP contribution >= 0.6 is 12.4 Å². The number of ether oxygens (including phenoxy) is 2. The number of amides is 1. The van der Waals surface area contributed by atoms with E-state index >= 15 is 0 Å². The van der Waals surface area contributed by atoms with Crippen LogP contribution in [0.4, 0.5) is 5.69 Å². The summed E-state index contributed by atoms with van der Waals surface area (Å²) < 4.78 is 10.1. The van der Waals surface area contributed by atoms with E-state index < -0.39 is 4.92 Å². The molecule has 0 aliphatic heterocycles. The zero-order chi connectivity index (χ0) is 16.4. The topological polar surface area (TPSA) is 103 Å². The van der Waals surface area contributed by atoms with E-state index in [1.54, 1.807) is 14.0 Å². The number of benzene rings is 1. The number of carbonyl (C=O) groups excluding carboxylic acids is 1. The minimum absolute atomic E-state index is 0. The fourth-order valence-electron chi connectivity index (χ4n) is 1.74. The zero-order valence-electron chi connectivity index (χ0n) is 13.2. The van der Waals surface area contributed by atoms with Gasteiger partial charge in [-0.15, -0.1) is 12.4 Å². The van der Waals surface area contributed by atoms with E-state index in [-0.39, 0.29) is 35.3 Å².